The molecule has 0 bridgehead atoms. The fourth-order valence-electron chi connectivity index (χ4n) is 1.39. The number of phenols is 1. The van der Waals surface area contributed by atoms with E-state index >= 15 is 0 Å². The largest absolute Gasteiger partial charge is 0.508 e. The van der Waals surface area contributed by atoms with Crippen LogP contribution in [0.15, 0.2) is 53.4 Å². The van der Waals surface area contributed by atoms with Crippen molar-refractivity contribution in [3.05, 3.63) is 53.6 Å². The van der Waals surface area contributed by atoms with Crippen molar-refractivity contribution in [3.63, 3.8) is 0 Å². The molecule has 0 radical (unpaired) electrons. The lowest BCUT2D eigenvalue weighted by molar-refractivity contribution is 0.344. The van der Waals surface area contributed by atoms with E-state index in [1.165, 1.54) is 0 Å². The van der Waals surface area contributed by atoms with Gasteiger partial charge in [0.25, 0.3) is 0 Å². The highest BCUT2D eigenvalue weighted by Crippen LogP contribution is 2.21. The molecular formula is C14H13ClO2S. The van der Waals surface area contributed by atoms with Crippen molar-refractivity contribution in [1.29, 1.82) is 0 Å². The summed E-state index contributed by atoms with van der Waals surface area (Å²) >= 11 is 7.48. The maximum Gasteiger partial charge on any atom is 0.119 e. The van der Waals surface area contributed by atoms with Gasteiger partial charge in [-0.15, -0.1) is 11.8 Å². The first kappa shape index (κ1) is 13.1. The summed E-state index contributed by atoms with van der Waals surface area (Å²) in [4.78, 5) is 1.12. The van der Waals surface area contributed by atoms with Gasteiger partial charge in [-0.3, -0.25) is 0 Å². The van der Waals surface area contributed by atoms with Gasteiger partial charge < -0.3 is 9.84 Å². The lowest BCUT2D eigenvalue weighted by Gasteiger charge is -2.06. The molecule has 2 aromatic rings. The van der Waals surface area contributed by atoms with E-state index in [1.807, 2.05) is 36.4 Å². The molecule has 2 rings (SSSR count). The van der Waals surface area contributed by atoms with Crippen molar-refractivity contribution in [1.82, 2.24) is 0 Å². The molecule has 0 aliphatic carbocycles. The normalized spacial score (nSPS) is 10.3. The Morgan fingerprint density at radius 3 is 2.33 bits per heavy atom. The number of hydrogen-bond acceptors (Lipinski definition) is 3. The molecule has 0 unspecified atom stereocenters. The summed E-state index contributed by atoms with van der Waals surface area (Å²) in [5.74, 6) is 1.97. The quantitative estimate of drug-likeness (QED) is 0.657. The minimum Gasteiger partial charge on any atom is -0.508 e. The summed E-state index contributed by atoms with van der Waals surface area (Å²) in [6.07, 6.45) is 0. The molecule has 1 N–H and O–H groups in total. The van der Waals surface area contributed by atoms with E-state index in [0.29, 0.717) is 11.6 Å². The topological polar surface area (TPSA) is 29.5 Å². The maximum absolute atomic E-state index is 9.15. The Kier molecular flexibility index (Phi) is 4.79. The van der Waals surface area contributed by atoms with Crippen LogP contribution in [0.5, 0.6) is 11.5 Å². The number of hydrogen-bond donors (Lipinski definition) is 1. The van der Waals surface area contributed by atoms with Crippen LogP contribution < -0.4 is 4.74 Å². The van der Waals surface area contributed by atoms with Crippen molar-refractivity contribution >= 4 is 23.4 Å². The van der Waals surface area contributed by atoms with Crippen LogP contribution in [0.4, 0.5) is 0 Å². The Labute approximate surface area is 116 Å². The van der Waals surface area contributed by atoms with Gasteiger partial charge >= 0.3 is 0 Å². The second-order valence-electron chi connectivity index (χ2n) is 3.64. The van der Waals surface area contributed by atoms with Crippen molar-refractivity contribution in [2.75, 3.05) is 12.4 Å². The number of benzene rings is 2. The van der Waals surface area contributed by atoms with Gasteiger partial charge in [0.05, 0.1) is 6.61 Å². The Morgan fingerprint density at radius 1 is 1.00 bits per heavy atom. The fraction of sp³-hybridized carbons (Fsp3) is 0.143. The van der Waals surface area contributed by atoms with E-state index in [0.717, 1.165) is 16.4 Å². The molecule has 94 valence electrons. The summed E-state index contributed by atoms with van der Waals surface area (Å²) < 4.78 is 5.58. The zero-order valence-electron chi connectivity index (χ0n) is 9.67. The summed E-state index contributed by atoms with van der Waals surface area (Å²) in [5.41, 5.74) is 0. The van der Waals surface area contributed by atoms with Crippen LogP contribution in [0, 0.1) is 0 Å². The molecular weight excluding hydrogens is 268 g/mol. The minimum atomic E-state index is 0.289. The average molecular weight is 281 g/mol. The predicted octanol–water partition coefficient (Wildman–Crippen LogP) is 4.22. The molecule has 0 atom stereocenters. The average Bonchev–Trinajstić information content (AvgIpc) is 2.39. The van der Waals surface area contributed by atoms with E-state index in [4.69, 9.17) is 21.4 Å². The van der Waals surface area contributed by atoms with Gasteiger partial charge in [-0.1, -0.05) is 11.6 Å². The second-order valence-corrected chi connectivity index (χ2v) is 5.25. The van der Waals surface area contributed by atoms with Gasteiger partial charge in [-0.05, 0) is 48.5 Å². The summed E-state index contributed by atoms with van der Waals surface area (Å²) in [6, 6.07) is 14.5. The number of thioether (sulfide) groups is 1. The van der Waals surface area contributed by atoms with E-state index < -0.39 is 0 Å². The van der Waals surface area contributed by atoms with E-state index in [2.05, 4.69) is 0 Å². The third-order valence-corrected chi connectivity index (χ3v) is 3.50. The maximum atomic E-state index is 9.15. The van der Waals surface area contributed by atoms with Crippen LogP contribution in [0.1, 0.15) is 0 Å². The third kappa shape index (κ3) is 4.17. The second kappa shape index (κ2) is 6.57. The van der Waals surface area contributed by atoms with Crippen molar-refractivity contribution in [2.24, 2.45) is 0 Å². The van der Waals surface area contributed by atoms with E-state index in [1.54, 1.807) is 23.9 Å². The predicted molar refractivity (Wildman–Crippen MR) is 75.8 cm³/mol. The highest BCUT2D eigenvalue weighted by atomic mass is 35.5. The number of halogens is 1. The van der Waals surface area contributed by atoms with Crippen LogP contribution in [0.2, 0.25) is 5.02 Å². The molecule has 2 aromatic carbocycles. The Bertz CT molecular complexity index is 435. The molecule has 0 fully saturated rings. The van der Waals surface area contributed by atoms with Gasteiger partial charge in [0.15, 0.2) is 0 Å². The first-order valence-corrected chi connectivity index (χ1v) is 6.90. The van der Waals surface area contributed by atoms with Gasteiger partial charge in [0.1, 0.15) is 11.5 Å². The van der Waals surface area contributed by atoms with Crippen molar-refractivity contribution in [2.45, 2.75) is 4.90 Å². The van der Waals surface area contributed by atoms with Gasteiger partial charge in [0.2, 0.25) is 0 Å². The lowest BCUT2D eigenvalue weighted by Crippen LogP contribution is -1.99. The van der Waals surface area contributed by atoms with E-state index in [9.17, 15) is 0 Å². The monoisotopic (exact) mass is 280 g/mol. The Morgan fingerprint density at radius 2 is 1.67 bits per heavy atom. The van der Waals surface area contributed by atoms with Gasteiger partial charge in [0, 0.05) is 15.7 Å². The zero-order chi connectivity index (χ0) is 12.8. The Hall–Kier alpha value is -1.32. The smallest absolute Gasteiger partial charge is 0.119 e. The molecule has 0 saturated heterocycles. The summed E-state index contributed by atoms with van der Waals surface area (Å²) in [5, 5.41) is 9.86. The van der Waals surface area contributed by atoms with Gasteiger partial charge in [-0.25, -0.2) is 0 Å². The highest BCUT2D eigenvalue weighted by Gasteiger charge is 1.96. The molecule has 0 amide bonds. The first-order chi connectivity index (χ1) is 8.74. The summed E-state index contributed by atoms with van der Waals surface area (Å²) in [7, 11) is 0. The number of rotatable bonds is 5. The molecule has 2 nitrogen and oxygen atoms in total. The Balaban J connectivity index is 1.73. The molecule has 18 heavy (non-hydrogen) atoms. The third-order valence-electron chi connectivity index (χ3n) is 2.27. The summed E-state index contributed by atoms with van der Waals surface area (Å²) in [6.45, 7) is 0.632. The van der Waals surface area contributed by atoms with Crippen molar-refractivity contribution < 1.29 is 9.84 Å². The number of phenolic OH excluding ortho intramolecular Hbond substituents is 1. The zero-order valence-corrected chi connectivity index (χ0v) is 11.2. The van der Waals surface area contributed by atoms with Crippen LogP contribution in [-0.4, -0.2) is 17.5 Å². The molecule has 0 aliphatic heterocycles. The molecule has 4 heteroatoms. The molecule has 0 aliphatic rings. The number of aromatic hydroxyl groups is 1. The van der Waals surface area contributed by atoms with Gasteiger partial charge in [-0.2, -0.15) is 0 Å². The highest BCUT2D eigenvalue weighted by molar-refractivity contribution is 7.99. The molecule has 0 heterocycles. The molecule has 0 saturated carbocycles. The van der Waals surface area contributed by atoms with Crippen LogP contribution >= 0.6 is 23.4 Å². The van der Waals surface area contributed by atoms with Crippen LogP contribution in [-0.2, 0) is 0 Å². The van der Waals surface area contributed by atoms with Crippen molar-refractivity contribution in [3.8, 4) is 11.5 Å². The SMILES string of the molecule is Oc1ccc(SCCOc2ccc(Cl)cc2)cc1. The van der Waals surface area contributed by atoms with Crippen LogP contribution in [0.3, 0.4) is 0 Å². The number of ether oxygens (including phenoxy) is 1. The fourth-order valence-corrected chi connectivity index (χ4v) is 2.25. The molecule has 0 aromatic heterocycles. The lowest BCUT2D eigenvalue weighted by atomic mass is 10.3. The molecule has 0 spiro atoms. The minimum absolute atomic E-state index is 0.289. The first-order valence-electron chi connectivity index (χ1n) is 5.54. The van der Waals surface area contributed by atoms with Crippen LogP contribution in [0.25, 0.3) is 0 Å². The standard InChI is InChI=1S/C14H13ClO2S/c15-11-1-5-13(6-2-11)17-9-10-18-14-7-3-12(16)4-8-14/h1-8,16H,9-10H2. The van der Waals surface area contributed by atoms with E-state index in [-0.39, 0.29) is 5.75 Å².